The molecule has 2 atom stereocenters. The van der Waals surface area contributed by atoms with E-state index in [1.807, 2.05) is 0 Å². The third-order valence-electron chi connectivity index (χ3n) is 3.98. The molecular formula is C15H21NO. The average Bonchev–Trinajstić information content (AvgIpc) is 2.73. The number of hydrogen-bond donors (Lipinski definition) is 1. The van der Waals surface area contributed by atoms with Gasteiger partial charge in [0.1, 0.15) is 0 Å². The highest BCUT2D eigenvalue weighted by molar-refractivity contribution is 5.37. The molecule has 1 aromatic carbocycles. The molecule has 1 heterocycles. The molecule has 1 saturated heterocycles. The lowest BCUT2D eigenvalue weighted by molar-refractivity contribution is 0.0663. The highest BCUT2D eigenvalue weighted by Gasteiger charge is 2.25. The zero-order valence-electron chi connectivity index (χ0n) is 10.5. The lowest BCUT2D eigenvalue weighted by Gasteiger charge is -2.27. The van der Waals surface area contributed by atoms with E-state index in [-0.39, 0.29) is 0 Å². The maximum absolute atomic E-state index is 5.54. The number of fused-ring (bicyclic) bond motifs is 1. The lowest BCUT2D eigenvalue weighted by Crippen LogP contribution is -2.38. The molecule has 1 aliphatic carbocycles. The molecule has 0 aromatic heterocycles. The van der Waals surface area contributed by atoms with Crippen LogP contribution in [0.25, 0.3) is 0 Å². The first-order valence-electron chi connectivity index (χ1n) is 6.76. The van der Waals surface area contributed by atoms with Crippen LogP contribution in [0.5, 0.6) is 0 Å². The number of aryl methyl sites for hydroxylation is 2. The molecule has 3 rings (SSSR count). The predicted octanol–water partition coefficient (Wildman–Crippen LogP) is 2.75. The van der Waals surface area contributed by atoms with E-state index in [4.69, 9.17) is 4.74 Å². The van der Waals surface area contributed by atoms with Gasteiger partial charge in [0, 0.05) is 18.7 Å². The van der Waals surface area contributed by atoms with Gasteiger partial charge in [-0.15, -0.1) is 0 Å². The zero-order valence-corrected chi connectivity index (χ0v) is 10.5. The minimum Gasteiger partial charge on any atom is -0.380 e. The second-order valence-corrected chi connectivity index (χ2v) is 5.37. The van der Waals surface area contributed by atoms with E-state index in [0.717, 1.165) is 13.2 Å². The molecule has 2 heteroatoms. The average molecular weight is 231 g/mol. The first-order valence-corrected chi connectivity index (χ1v) is 6.76. The topological polar surface area (TPSA) is 21.3 Å². The molecule has 92 valence electrons. The monoisotopic (exact) mass is 231 g/mol. The Hall–Kier alpha value is -0.860. The Labute approximate surface area is 103 Å². The SMILES string of the molecule is Cc1ccc2c(c1)C(NC1CCCOC1)CC2. The van der Waals surface area contributed by atoms with Crippen LogP contribution >= 0.6 is 0 Å². The van der Waals surface area contributed by atoms with Crippen molar-refractivity contribution in [3.63, 3.8) is 0 Å². The molecule has 0 amide bonds. The second kappa shape index (κ2) is 4.79. The lowest BCUT2D eigenvalue weighted by atomic mass is 10.0. The maximum atomic E-state index is 5.54. The zero-order chi connectivity index (χ0) is 11.7. The van der Waals surface area contributed by atoms with Gasteiger partial charge in [0.25, 0.3) is 0 Å². The summed E-state index contributed by atoms with van der Waals surface area (Å²) in [5, 5.41) is 3.78. The van der Waals surface area contributed by atoms with Gasteiger partial charge < -0.3 is 10.1 Å². The van der Waals surface area contributed by atoms with Crippen molar-refractivity contribution in [3.8, 4) is 0 Å². The molecular weight excluding hydrogens is 210 g/mol. The number of rotatable bonds is 2. The van der Waals surface area contributed by atoms with Gasteiger partial charge in [-0.3, -0.25) is 0 Å². The van der Waals surface area contributed by atoms with Crippen LogP contribution in [0.2, 0.25) is 0 Å². The van der Waals surface area contributed by atoms with E-state index >= 15 is 0 Å². The van der Waals surface area contributed by atoms with Crippen molar-refractivity contribution >= 4 is 0 Å². The maximum Gasteiger partial charge on any atom is 0.0619 e. The second-order valence-electron chi connectivity index (χ2n) is 5.37. The summed E-state index contributed by atoms with van der Waals surface area (Å²) in [6.07, 6.45) is 4.93. The Morgan fingerprint density at radius 1 is 1.29 bits per heavy atom. The van der Waals surface area contributed by atoms with Crippen LogP contribution < -0.4 is 5.32 Å². The summed E-state index contributed by atoms with van der Waals surface area (Å²) in [4.78, 5) is 0. The molecule has 2 unspecified atom stereocenters. The standard InChI is InChI=1S/C15H21NO/c1-11-4-5-12-6-7-15(14(12)9-11)16-13-3-2-8-17-10-13/h4-5,9,13,15-16H,2-3,6-8,10H2,1H3. The van der Waals surface area contributed by atoms with Gasteiger partial charge in [-0.1, -0.05) is 23.8 Å². The smallest absolute Gasteiger partial charge is 0.0619 e. The van der Waals surface area contributed by atoms with Gasteiger partial charge in [-0.05, 0) is 43.7 Å². The highest BCUT2D eigenvalue weighted by atomic mass is 16.5. The first kappa shape index (κ1) is 11.2. The van der Waals surface area contributed by atoms with Crippen molar-refractivity contribution in [2.45, 2.75) is 44.7 Å². The van der Waals surface area contributed by atoms with Crippen LogP contribution in [-0.2, 0) is 11.2 Å². The summed E-state index contributed by atoms with van der Waals surface area (Å²) in [7, 11) is 0. The van der Waals surface area contributed by atoms with Gasteiger partial charge in [0.05, 0.1) is 6.61 Å². The van der Waals surface area contributed by atoms with Gasteiger partial charge >= 0.3 is 0 Å². The van der Waals surface area contributed by atoms with E-state index in [2.05, 4.69) is 30.4 Å². The van der Waals surface area contributed by atoms with Crippen LogP contribution in [0.3, 0.4) is 0 Å². The molecule has 0 spiro atoms. The third kappa shape index (κ3) is 2.38. The normalized spacial score (nSPS) is 28.1. The molecule has 0 radical (unpaired) electrons. The minimum absolute atomic E-state index is 0.552. The van der Waals surface area contributed by atoms with Gasteiger partial charge in [-0.25, -0.2) is 0 Å². The Balaban J connectivity index is 1.72. The van der Waals surface area contributed by atoms with Gasteiger partial charge in [0.15, 0.2) is 0 Å². The molecule has 17 heavy (non-hydrogen) atoms. The minimum atomic E-state index is 0.552. The Kier molecular flexibility index (Phi) is 3.17. The van der Waals surface area contributed by atoms with Crippen LogP contribution in [0, 0.1) is 6.92 Å². The van der Waals surface area contributed by atoms with E-state index in [1.165, 1.54) is 42.4 Å². The quantitative estimate of drug-likeness (QED) is 0.845. The number of nitrogens with one attached hydrogen (secondary N) is 1. The van der Waals surface area contributed by atoms with Crippen molar-refractivity contribution in [2.24, 2.45) is 0 Å². The molecule has 1 fully saturated rings. The molecule has 1 N–H and O–H groups in total. The first-order chi connectivity index (χ1) is 8.33. The summed E-state index contributed by atoms with van der Waals surface area (Å²) >= 11 is 0. The Morgan fingerprint density at radius 3 is 3.06 bits per heavy atom. The third-order valence-corrected chi connectivity index (χ3v) is 3.98. The molecule has 1 aliphatic heterocycles. The van der Waals surface area contributed by atoms with Crippen LogP contribution in [-0.4, -0.2) is 19.3 Å². The van der Waals surface area contributed by atoms with Gasteiger partial charge in [0.2, 0.25) is 0 Å². The fourth-order valence-corrected chi connectivity index (χ4v) is 3.05. The van der Waals surface area contributed by atoms with E-state index in [1.54, 1.807) is 0 Å². The van der Waals surface area contributed by atoms with Crippen molar-refractivity contribution in [2.75, 3.05) is 13.2 Å². The van der Waals surface area contributed by atoms with Gasteiger partial charge in [-0.2, -0.15) is 0 Å². The van der Waals surface area contributed by atoms with Crippen molar-refractivity contribution < 1.29 is 4.74 Å². The Morgan fingerprint density at radius 2 is 2.24 bits per heavy atom. The van der Waals surface area contributed by atoms with Crippen LogP contribution in [0.15, 0.2) is 18.2 Å². The van der Waals surface area contributed by atoms with Crippen LogP contribution in [0.4, 0.5) is 0 Å². The number of benzene rings is 1. The van der Waals surface area contributed by atoms with E-state index in [0.29, 0.717) is 12.1 Å². The summed E-state index contributed by atoms with van der Waals surface area (Å²) in [5.74, 6) is 0. The van der Waals surface area contributed by atoms with Crippen molar-refractivity contribution in [1.29, 1.82) is 0 Å². The molecule has 0 bridgehead atoms. The highest BCUT2D eigenvalue weighted by Crippen LogP contribution is 2.32. The summed E-state index contributed by atoms with van der Waals surface area (Å²) in [6.45, 7) is 4.01. The summed E-state index contributed by atoms with van der Waals surface area (Å²) in [6, 6.07) is 7.98. The summed E-state index contributed by atoms with van der Waals surface area (Å²) in [5.41, 5.74) is 4.43. The molecule has 2 aliphatic rings. The van der Waals surface area contributed by atoms with Crippen LogP contribution in [0.1, 0.15) is 42.0 Å². The van der Waals surface area contributed by atoms with Crippen molar-refractivity contribution in [3.05, 3.63) is 34.9 Å². The fourth-order valence-electron chi connectivity index (χ4n) is 3.05. The Bertz CT molecular complexity index is 396. The predicted molar refractivity (Wildman–Crippen MR) is 69.2 cm³/mol. The number of hydrogen-bond acceptors (Lipinski definition) is 2. The number of ether oxygens (including phenoxy) is 1. The molecule has 1 aromatic rings. The van der Waals surface area contributed by atoms with E-state index in [9.17, 15) is 0 Å². The fraction of sp³-hybridized carbons (Fsp3) is 0.600. The van der Waals surface area contributed by atoms with Crippen molar-refractivity contribution in [1.82, 2.24) is 5.32 Å². The molecule has 0 saturated carbocycles. The van der Waals surface area contributed by atoms with E-state index < -0.39 is 0 Å². The largest absolute Gasteiger partial charge is 0.380 e. The summed E-state index contributed by atoms with van der Waals surface area (Å²) < 4.78 is 5.54. The molecule has 2 nitrogen and oxygen atoms in total.